The van der Waals surface area contributed by atoms with E-state index in [4.69, 9.17) is 11.6 Å². The predicted octanol–water partition coefficient (Wildman–Crippen LogP) is 3.46. The van der Waals surface area contributed by atoms with Gasteiger partial charge in [0.15, 0.2) is 0 Å². The fourth-order valence-electron chi connectivity index (χ4n) is 2.57. The number of aryl methyl sites for hydroxylation is 1. The van der Waals surface area contributed by atoms with E-state index in [1.54, 1.807) is 0 Å². The first-order chi connectivity index (χ1) is 9.08. The van der Waals surface area contributed by atoms with Crippen LogP contribution in [0, 0.1) is 6.92 Å². The molecule has 1 aromatic rings. The molecular weight excluding hydrogens is 260 g/mol. The van der Waals surface area contributed by atoms with Crippen LogP contribution >= 0.6 is 11.6 Å². The van der Waals surface area contributed by atoms with Gasteiger partial charge in [-0.1, -0.05) is 11.6 Å². The van der Waals surface area contributed by atoms with Crippen molar-refractivity contribution in [3.05, 3.63) is 28.8 Å². The van der Waals surface area contributed by atoms with Crippen LogP contribution in [-0.4, -0.2) is 29.9 Å². The molecule has 0 saturated carbocycles. The topological polar surface area (TPSA) is 32.3 Å². The Kier molecular flexibility index (Phi) is 4.70. The minimum absolute atomic E-state index is 0.182. The van der Waals surface area contributed by atoms with Crippen LogP contribution in [0.1, 0.15) is 31.7 Å². The third-order valence-corrected chi connectivity index (χ3v) is 3.98. The van der Waals surface area contributed by atoms with E-state index < -0.39 is 0 Å². The minimum atomic E-state index is 0.182. The first-order valence-corrected chi connectivity index (χ1v) is 7.25. The average molecular weight is 281 g/mol. The highest BCUT2D eigenvalue weighted by Crippen LogP contribution is 2.20. The molecule has 1 amide bonds. The lowest BCUT2D eigenvalue weighted by Gasteiger charge is -2.33. The molecule has 0 aliphatic carbocycles. The minimum Gasteiger partial charge on any atom is -0.376 e. The van der Waals surface area contributed by atoms with E-state index in [0.717, 1.165) is 35.7 Å². The molecule has 2 rings (SSSR count). The zero-order valence-electron chi connectivity index (χ0n) is 11.6. The molecule has 19 heavy (non-hydrogen) atoms. The normalized spacial score (nSPS) is 19.3. The molecule has 1 unspecified atom stereocenters. The summed E-state index contributed by atoms with van der Waals surface area (Å²) >= 11 is 5.92. The van der Waals surface area contributed by atoms with Crippen molar-refractivity contribution in [1.29, 1.82) is 0 Å². The van der Waals surface area contributed by atoms with Crippen LogP contribution in [0.4, 0.5) is 5.69 Å². The van der Waals surface area contributed by atoms with Crippen molar-refractivity contribution in [2.24, 2.45) is 0 Å². The summed E-state index contributed by atoms with van der Waals surface area (Å²) in [6, 6.07) is 6.03. The van der Waals surface area contributed by atoms with Crippen LogP contribution in [0.2, 0.25) is 5.02 Å². The molecular formula is C15H21ClN2O. The molecule has 0 radical (unpaired) electrons. The van der Waals surface area contributed by atoms with Crippen molar-refractivity contribution >= 4 is 23.2 Å². The molecule has 1 heterocycles. The third kappa shape index (κ3) is 3.63. The summed E-state index contributed by atoms with van der Waals surface area (Å²) in [5.41, 5.74) is 2.04. The highest BCUT2D eigenvalue weighted by molar-refractivity contribution is 6.30. The van der Waals surface area contributed by atoms with Gasteiger partial charge >= 0.3 is 0 Å². The monoisotopic (exact) mass is 280 g/mol. The third-order valence-electron chi connectivity index (χ3n) is 3.74. The molecule has 1 aromatic carbocycles. The number of benzene rings is 1. The molecule has 0 bridgehead atoms. The summed E-state index contributed by atoms with van der Waals surface area (Å²) in [4.78, 5) is 14.2. The van der Waals surface area contributed by atoms with Gasteiger partial charge < -0.3 is 10.2 Å². The van der Waals surface area contributed by atoms with E-state index in [0.29, 0.717) is 12.6 Å². The van der Waals surface area contributed by atoms with Gasteiger partial charge in [0, 0.05) is 23.3 Å². The van der Waals surface area contributed by atoms with Gasteiger partial charge in [0.05, 0.1) is 6.54 Å². The summed E-state index contributed by atoms with van der Waals surface area (Å²) in [7, 11) is 0. The number of piperidine rings is 1. The molecule has 1 atom stereocenters. The highest BCUT2D eigenvalue weighted by Gasteiger charge is 2.22. The lowest BCUT2D eigenvalue weighted by molar-refractivity contribution is -0.132. The highest BCUT2D eigenvalue weighted by atomic mass is 35.5. The van der Waals surface area contributed by atoms with E-state index in [-0.39, 0.29) is 5.91 Å². The van der Waals surface area contributed by atoms with Crippen molar-refractivity contribution in [2.45, 2.75) is 39.2 Å². The number of halogens is 1. The summed E-state index contributed by atoms with van der Waals surface area (Å²) in [5.74, 6) is 0.182. The fourth-order valence-corrected chi connectivity index (χ4v) is 2.79. The number of hydrogen-bond acceptors (Lipinski definition) is 2. The zero-order valence-corrected chi connectivity index (χ0v) is 12.3. The van der Waals surface area contributed by atoms with Crippen LogP contribution in [-0.2, 0) is 4.79 Å². The van der Waals surface area contributed by atoms with Gasteiger partial charge in [-0.05, 0) is 56.9 Å². The summed E-state index contributed by atoms with van der Waals surface area (Å²) in [5, 5.41) is 3.93. The number of nitrogens with one attached hydrogen (secondary N) is 1. The maximum absolute atomic E-state index is 12.2. The number of carbonyl (C=O) groups excluding carboxylic acids is 1. The van der Waals surface area contributed by atoms with Crippen LogP contribution < -0.4 is 5.32 Å². The number of amides is 1. The molecule has 1 N–H and O–H groups in total. The van der Waals surface area contributed by atoms with Gasteiger partial charge in [0.25, 0.3) is 0 Å². The maximum atomic E-state index is 12.2. The van der Waals surface area contributed by atoms with Crippen LogP contribution in [0.25, 0.3) is 0 Å². The van der Waals surface area contributed by atoms with Gasteiger partial charge in [-0.3, -0.25) is 4.79 Å². The first-order valence-electron chi connectivity index (χ1n) is 6.87. The van der Waals surface area contributed by atoms with Gasteiger partial charge in [-0.2, -0.15) is 0 Å². The second kappa shape index (κ2) is 6.29. The van der Waals surface area contributed by atoms with E-state index in [9.17, 15) is 4.79 Å². The Labute approximate surface area is 119 Å². The number of carbonyl (C=O) groups is 1. The quantitative estimate of drug-likeness (QED) is 0.920. The van der Waals surface area contributed by atoms with Gasteiger partial charge in [-0.15, -0.1) is 0 Å². The van der Waals surface area contributed by atoms with Crippen LogP contribution in [0.5, 0.6) is 0 Å². The molecule has 4 heteroatoms. The van der Waals surface area contributed by atoms with Crippen molar-refractivity contribution in [1.82, 2.24) is 4.90 Å². The summed E-state index contributed by atoms with van der Waals surface area (Å²) < 4.78 is 0. The number of hydrogen-bond donors (Lipinski definition) is 1. The van der Waals surface area contributed by atoms with Crippen molar-refractivity contribution < 1.29 is 4.79 Å². The number of anilines is 1. The Morgan fingerprint density at radius 2 is 2.26 bits per heavy atom. The van der Waals surface area contributed by atoms with Crippen molar-refractivity contribution in [3.63, 3.8) is 0 Å². The second-order valence-corrected chi connectivity index (χ2v) is 5.68. The zero-order chi connectivity index (χ0) is 13.8. The van der Waals surface area contributed by atoms with E-state index in [2.05, 4.69) is 12.2 Å². The Morgan fingerprint density at radius 1 is 1.47 bits per heavy atom. The summed E-state index contributed by atoms with van der Waals surface area (Å²) in [6.07, 6.45) is 3.47. The Balaban J connectivity index is 1.92. The lowest BCUT2D eigenvalue weighted by atomic mass is 10.0. The maximum Gasteiger partial charge on any atom is 0.242 e. The van der Waals surface area contributed by atoms with Gasteiger partial charge in [-0.25, -0.2) is 0 Å². The Bertz CT molecular complexity index is 461. The van der Waals surface area contributed by atoms with E-state index in [1.807, 2.05) is 30.0 Å². The smallest absolute Gasteiger partial charge is 0.242 e. The second-order valence-electron chi connectivity index (χ2n) is 5.24. The predicted molar refractivity (Wildman–Crippen MR) is 79.7 cm³/mol. The molecule has 0 aromatic heterocycles. The molecule has 104 valence electrons. The number of rotatable bonds is 3. The standard InChI is InChI=1S/C15H21ClN2O/c1-11-9-13(16)6-7-14(11)17-10-15(19)18-8-4-3-5-12(18)2/h6-7,9,12,17H,3-5,8,10H2,1-2H3. The molecule has 1 saturated heterocycles. The van der Waals surface area contributed by atoms with E-state index in [1.165, 1.54) is 6.42 Å². The number of likely N-dealkylation sites (tertiary alicyclic amines) is 1. The molecule has 0 spiro atoms. The van der Waals surface area contributed by atoms with Crippen molar-refractivity contribution in [2.75, 3.05) is 18.4 Å². The molecule has 1 aliphatic heterocycles. The van der Waals surface area contributed by atoms with Gasteiger partial charge in [0.2, 0.25) is 5.91 Å². The van der Waals surface area contributed by atoms with Crippen LogP contribution in [0.3, 0.4) is 0 Å². The largest absolute Gasteiger partial charge is 0.376 e. The molecule has 1 aliphatic rings. The summed E-state index contributed by atoms with van der Waals surface area (Å²) in [6.45, 7) is 5.36. The van der Waals surface area contributed by atoms with E-state index >= 15 is 0 Å². The molecule has 1 fully saturated rings. The van der Waals surface area contributed by atoms with Crippen molar-refractivity contribution in [3.8, 4) is 0 Å². The fraction of sp³-hybridized carbons (Fsp3) is 0.533. The average Bonchev–Trinajstić information content (AvgIpc) is 2.38. The first kappa shape index (κ1) is 14.2. The Morgan fingerprint density at radius 3 is 2.95 bits per heavy atom. The molecule has 3 nitrogen and oxygen atoms in total. The van der Waals surface area contributed by atoms with Gasteiger partial charge in [0.1, 0.15) is 0 Å². The SMILES string of the molecule is Cc1cc(Cl)ccc1NCC(=O)N1CCCCC1C. The number of nitrogens with zero attached hydrogens (tertiary/aromatic N) is 1. The Hall–Kier alpha value is -1.22. The lowest BCUT2D eigenvalue weighted by Crippen LogP contribution is -2.44. The van der Waals surface area contributed by atoms with Crippen LogP contribution in [0.15, 0.2) is 18.2 Å².